The van der Waals surface area contributed by atoms with Gasteiger partial charge < -0.3 is 10.5 Å². The minimum absolute atomic E-state index is 0.0844. The van der Waals surface area contributed by atoms with Crippen molar-refractivity contribution in [3.63, 3.8) is 0 Å². The SMILES string of the molecule is NC1=NC(=O)C(c2cccnc2)O1. The molecule has 5 nitrogen and oxygen atoms in total. The number of pyridine rings is 1. The topological polar surface area (TPSA) is 77.6 Å². The average molecular weight is 177 g/mol. The maximum absolute atomic E-state index is 11.2. The maximum Gasteiger partial charge on any atom is 0.296 e. The molecule has 5 heteroatoms. The Kier molecular flexibility index (Phi) is 1.70. The third-order valence-electron chi connectivity index (χ3n) is 1.67. The monoisotopic (exact) mass is 177 g/mol. The van der Waals surface area contributed by atoms with Gasteiger partial charge in [0.25, 0.3) is 11.9 Å². The molecule has 0 aliphatic carbocycles. The van der Waals surface area contributed by atoms with Crippen LogP contribution in [0.1, 0.15) is 11.7 Å². The molecule has 0 saturated heterocycles. The van der Waals surface area contributed by atoms with Crippen LogP contribution in [0, 0.1) is 0 Å². The van der Waals surface area contributed by atoms with Gasteiger partial charge in [0.2, 0.25) is 6.10 Å². The van der Waals surface area contributed by atoms with Crippen molar-refractivity contribution >= 4 is 11.9 Å². The lowest BCUT2D eigenvalue weighted by molar-refractivity contribution is -0.122. The zero-order chi connectivity index (χ0) is 9.26. The van der Waals surface area contributed by atoms with Crippen LogP contribution in [0.4, 0.5) is 0 Å². The molecule has 0 aromatic carbocycles. The van der Waals surface area contributed by atoms with Gasteiger partial charge in [-0.1, -0.05) is 6.07 Å². The van der Waals surface area contributed by atoms with Crippen LogP contribution in [-0.4, -0.2) is 16.9 Å². The number of hydrogen-bond donors (Lipinski definition) is 1. The van der Waals surface area contributed by atoms with Crippen molar-refractivity contribution < 1.29 is 9.53 Å². The second kappa shape index (κ2) is 2.85. The van der Waals surface area contributed by atoms with Crippen LogP contribution in [0.15, 0.2) is 29.5 Å². The first-order chi connectivity index (χ1) is 6.27. The number of nitrogens with two attached hydrogens (primary N) is 1. The average Bonchev–Trinajstić information content (AvgIpc) is 2.47. The van der Waals surface area contributed by atoms with Crippen LogP contribution in [0.5, 0.6) is 0 Å². The number of rotatable bonds is 1. The van der Waals surface area contributed by atoms with Crippen molar-refractivity contribution in [2.24, 2.45) is 10.7 Å². The minimum Gasteiger partial charge on any atom is -0.447 e. The van der Waals surface area contributed by atoms with Gasteiger partial charge in [0.15, 0.2) is 0 Å². The molecule has 1 atom stereocenters. The summed E-state index contributed by atoms with van der Waals surface area (Å²) in [4.78, 5) is 18.5. The van der Waals surface area contributed by atoms with Gasteiger partial charge in [-0.2, -0.15) is 4.99 Å². The molecule has 0 spiro atoms. The van der Waals surface area contributed by atoms with Gasteiger partial charge in [-0.05, 0) is 6.07 Å². The van der Waals surface area contributed by atoms with E-state index in [-0.39, 0.29) is 11.9 Å². The number of aromatic nitrogens is 1. The standard InChI is InChI=1S/C8H7N3O2/c9-8-11-7(12)6(13-8)5-2-1-3-10-4-5/h1-4,6H,(H2,9,11,12). The van der Waals surface area contributed by atoms with Crippen molar-refractivity contribution in [3.8, 4) is 0 Å². The Labute approximate surface area is 74.3 Å². The van der Waals surface area contributed by atoms with Crippen molar-refractivity contribution in [2.45, 2.75) is 6.10 Å². The molecule has 0 saturated carbocycles. The quantitative estimate of drug-likeness (QED) is 0.654. The molecule has 0 radical (unpaired) electrons. The number of ether oxygens (including phenoxy) is 1. The lowest BCUT2D eigenvalue weighted by Crippen LogP contribution is -2.14. The summed E-state index contributed by atoms with van der Waals surface area (Å²) >= 11 is 0. The molecule has 2 heterocycles. The lowest BCUT2D eigenvalue weighted by atomic mass is 10.1. The van der Waals surface area contributed by atoms with Gasteiger partial charge in [0, 0.05) is 18.0 Å². The van der Waals surface area contributed by atoms with Crippen LogP contribution >= 0.6 is 0 Å². The van der Waals surface area contributed by atoms with Gasteiger partial charge in [0.1, 0.15) is 0 Å². The largest absolute Gasteiger partial charge is 0.447 e. The highest BCUT2D eigenvalue weighted by atomic mass is 16.5. The van der Waals surface area contributed by atoms with Gasteiger partial charge in [-0.15, -0.1) is 0 Å². The molecule has 1 amide bonds. The van der Waals surface area contributed by atoms with E-state index in [0.717, 1.165) is 0 Å². The van der Waals surface area contributed by atoms with Gasteiger partial charge in [-0.25, -0.2) is 0 Å². The fraction of sp³-hybridized carbons (Fsp3) is 0.125. The molecule has 2 N–H and O–H groups in total. The third kappa shape index (κ3) is 1.35. The van der Waals surface area contributed by atoms with Crippen molar-refractivity contribution in [1.82, 2.24) is 4.98 Å². The summed E-state index contributed by atoms with van der Waals surface area (Å²) in [7, 11) is 0. The van der Waals surface area contributed by atoms with E-state index in [9.17, 15) is 4.79 Å². The second-order valence-corrected chi connectivity index (χ2v) is 2.57. The second-order valence-electron chi connectivity index (χ2n) is 2.57. The molecule has 1 aromatic heterocycles. The van der Waals surface area contributed by atoms with E-state index >= 15 is 0 Å². The molecule has 1 unspecified atom stereocenters. The van der Waals surface area contributed by atoms with Gasteiger partial charge in [0.05, 0.1) is 0 Å². The van der Waals surface area contributed by atoms with Crippen LogP contribution in [0.25, 0.3) is 0 Å². The van der Waals surface area contributed by atoms with Crippen molar-refractivity contribution in [2.75, 3.05) is 0 Å². The summed E-state index contributed by atoms with van der Waals surface area (Å²) in [6, 6.07) is 3.38. The number of carbonyl (C=O) groups excluding carboxylic acids is 1. The third-order valence-corrected chi connectivity index (χ3v) is 1.67. The molecule has 1 aliphatic rings. The summed E-state index contributed by atoms with van der Waals surface area (Å²) in [5.74, 6) is -0.384. The van der Waals surface area contributed by atoms with Gasteiger partial charge >= 0.3 is 0 Å². The van der Waals surface area contributed by atoms with Crippen LogP contribution in [-0.2, 0) is 9.53 Å². The van der Waals surface area contributed by atoms with Crippen LogP contribution in [0.2, 0.25) is 0 Å². The Bertz CT molecular complexity index is 361. The molecule has 2 rings (SSSR count). The van der Waals surface area contributed by atoms with Crippen LogP contribution in [0.3, 0.4) is 0 Å². The fourth-order valence-corrected chi connectivity index (χ4v) is 1.11. The molecule has 0 fully saturated rings. The number of amides is 1. The molecular formula is C8H7N3O2. The maximum atomic E-state index is 11.2. The predicted octanol–water partition coefficient (Wildman–Crippen LogP) is -0.00580. The molecule has 66 valence electrons. The summed E-state index contributed by atoms with van der Waals surface area (Å²) < 4.78 is 5.00. The van der Waals surface area contributed by atoms with Crippen LogP contribution < -0.4 is 5.73 Å². The Hall–Kier alpha value is -1.91. The van der Waals surface area contributed by atoms with E-state index in [1.807, 2.05) is 0 Å². The fourth-order valence-electron chi connectivity index (χ4n) is 1.11. The molecule has 1 aromatic rings. The predicted molar refractivity (Wildman–Crippen MR) is 44.7 cm³/mol. The van der Waals surface area contributed by atoms with E-state index in [1.165, 1.54) is 0 Å². The number of aliphatic imine (C=N–C) groups is 1. The molecule has 0 bridgehead atoms. The molecular weight excluding hydrogens is 170 g/mol. The van der Waals surface area contributed by atoms with E-state index in [1.54, 1.807) is 24.5 Å². The first-order valence-electron chi connectivity index (χ1n) is 3.72. The van der Waals surface area contributed by atoms with Gasteiger partial charge in [-0.3, -0.25) is 9.78 Å². The highest BCUT2D eigenvalue weighted by molar-refractivity contribution is 5.98. The number of carbonyl (C=O) groups is 1. The zero-order valence-corrected chi connectivity index (χ0v) is 6.68. The van der Waals surface area contributed by atoms with E-state index in [0.29, 0.717) is 5.56 Å². The minimum atomic E-state index is -0.714. The summed E-state index contributed by atoms with van der Waals surface area (Å²) in [5.41, 5.74) is 5.90. The number of nitrogens with zero attached hydrogens (tertiary/aromatic N) is 2. The lowest BCUT2D eigenvalue weighted by Gasteiger charge is -2.06. The Morgan fingerprint density at radius 2 is 2.38 bits per heavy atom. The normalized spacial score (nSPS) is 21.1. The van der Waals surface area contributed by atoms with Crippen molar-refractivity contribution in [1.29, 1.82) is 0 Å². The zero-order valence-electron chi connectivity index (χ0n) is 6.68. The number of hydrogen-bond acceptors (Lipinski definition) is 4. The Balaban J connectivity index is 2.26. The summed E-state index contributed by atoms with van der Waals surface area (Å²) in [6.07, 6.45) is 2.46. The summed E-state index contributed by atoms with van der Waals surface area (Å²) in [6.45, 7) is 0. The first-order valence-corrected chi connectivity index (χ1v) is 3.72. The number of amidine groups is 1. The Morgan fingerprint density at radius 3 is 2.92 bits per heavy atom. The highest BCUT2D eigenvalue weighted by Crippen LogP contribution is 2.21. The first kappa shape index (κ1) is 7.72. The van der Waals surface area contributed by atoms with Crippen molar-refractivity contribution in [3.05, 3.63) is 30.1 Å². The Morgan fingerprint density at radius 1 is 1.54 bits per heavy atom. The summed E-state index contributed by atoms with van der Waals surface area (Å²) in [5, 5.41) is 0. The molecule has 1 aliphatic heterocycles. The molecule has 13 heavy (non-hydrogen) atoms. The smallest absolute Gasteiger partial charge is 0.296 e. The van der Waals surface area contributed by atoms with E-state index < -0.39 is 6.10 Å². The van der Waals surface area contributed by atoms with E-state index in [2.05, 4.69) is 9.98 Å². The highest BCUT2D eigenvalue weighted by Gasteiger charge is 2.29. The van der Waals surface area contributed by atoms with E-state index in [4.69, 9.17) is 10.5 Å².